The molecule has 0 bridgehead atoms. The first-order valence-corrected chi connectivity index (χ1v) is 7.56. The lowest BCUT2D eigenvalue weighted by molar-refractivity contribution is 0.177. The summed E-state index contributed by atoms with van der Waals surface area (Å²) in [6, 6.07) is 11.1. The zero-order valence-corrected chi connectivity index (χ0v) is 11.6. The predicted octanol–water partition coefficient (Wildman–Crippen LogP) is 2.76. The Hall–Kier alpha value is -1.41. The highest BCUT2D eigenvalue weighted by Crippen LogP contribution is 2.34. The molecular weight excluding hydrogens is 254 g/mol. The van der Waals surface area contributed by atoms with Crippen LogP contribution in [0.2, 0.25) is 0 Å². The molecule has 1 aliphatic rings. The highest BCUT2D eigenvalue weighted by molar-refractivity contribution is 7.17. The maximum absolute atomic E-state index is 9.15. The first kappa shape index (κ1) is 12.6. The van der Waals surface area contributed by atoms with Crippen molar-refractivity contribution in [1.82, 2.24) is 10.2 Å². The number of rotatable bonds is 3. The van der Waals surface area contributed by atoms with Crippen LogP contribution in [0.1, 0.15) is 18.0 Å². The van der Waals surface area contributed by atoms with Crippen LogP contribution < -0.4 is 5.32 Å². The number of nitriles is 1. The first-order chi connectivity index (χ1) is 9.40. The van der Waals surface area contributed by atoms with Gasteiger partial charge in [-0.3, -0.25) is 4.90 Å². The number of benzene rings is 1. The van der Waals surface area contributed by atoms with Gasteiger partial charge < -0.3 is 5.32 Å². The molecular formula is C15H17N3S. The molecule has 0 spiro atoms. The van der Waals surface area contributed by atoms with E-state index in [0.717, 1.165) is 26.2 Å². The zero-order valence-electron chi connectivity index (χ0n) is 10.8. The van der Waals surface area contributed by atoms with E-state index in [9.17, 15) is 0 Å². The Morgan fingerprint density at radius 3 is 2.89 bits per heavy atom. The van der Waals surface area contributed by atoms with Crippen LogP contribution in [0.25, 0.3) is 10.1 Å². The fourth-order valence-electron chi connectivity index (χ4n) is 2.77. The van der Waals surface area contributed by atoms with E-state index in [2.05, 4.69) is 45.9 Å². The van der Waals surface area contributed by atoms with Crippen molar-refractivity contribution < 1.29 is 0 Å². The molecule has 1 aromatic carbocycles. The molecule has 0 saturated carbocycles. The minimum absolute atomic E-state index is 0.239. The van der Waals surface area contributed by atoms with Gasteiger partial charge in [0.05, 0.1) is 12.5 Å². The molecule has 1 fully saturated rings. The summed E-state index contributed by atoms with van der Waals surface area (Å²) < 4.78 is 1.32. The van der Waals surface area contributed by atoms with Gasteiger partial charge >= 0.3 is 0 Å². The highest BCUT2D eigenvalue weighted by Gasteiger charge is 2.24. The van der Waals surface area contributed by atoms with Crippen molar-refractivity contribution in [3.05, 3.63) is 35.2 Å². The SMILES string of the molecule is N#CC[C@@H](c1csc2ccccc12)N1CCNCC1. The molecule has 0 radical (unpaired) electrons. The third kappa shape index (κ3) is 2.50. The molecule has 1 aromatic heterocycles. The Labute approximate surface area is 117 Å². The van der Waals surface area contributed by atoms with Crippen molar-refractivity contribution in [1.29, 1.82) is 5.26 Å². The third-order valence-electron chi connectivity index (χ3n) is 3.75. The smallest absolute Gasteiger partial charge is 0.0641 e. The quantitative estimate of drug-likeness (QED) is 0.933. The Balaban J connectivity index is 1.97. The molecule has 2 heterocycles. The van der Waals surface area contributed by atoms with E-state index in [4.69, 9.17) is 5.26 Å². The summed E-state index contributed by atoms with van der Waals surface area (Å²) in [5.41, 5.74) is 1.32. The average molecular weight is 271 g/mol. The van der Waals surface area contributed by atoms with E-state index in [1.54, 1.807) is 11.3 Å². The van der Waals surface area contributed by atoms with Gasteiger partial charge in [0.1, 0.15) is 0 Å². The van der Waals surface area contributed by atoms with E-state index in [1.807, 2.05) is 0 Å². The lowest BCUT2D eigenvalue weighted by Crippen LogP contribution is -2.45. The van der Waals surface area contributed by atoms with Crippen LogP contribution in [0.15, 0.2) is 29.6 Å². The molecule has 19 heavy (non-hydrogen) atoms. The molecule has 1 N–H and O–H groups in total. The minimum atomic E-state index is 0.239. The van der Waals surface area contributed by atoms with Crippen LogP contribution in [0.5, 0.6) is 0 Å². The largest absolute Gasteiger partial charge is 0.314 e. The van der Waals surface area contributed by atoms with Crippen LogP contribution in [-0.4, -0.2) is 31.1 Å². The lowest BCUT2D eigenvalue weighted by atomic mass is 10.0. The molecule has 4 heteroatoms. The summed E-state index contributed by atoms with van der Waals surface area (Å²) >= 11 is 1.78. The summed E-state index contributed by atoms with van der Waals surface area (Å²) in [5.74, 6) is 0. The Bertz CT molecular complexity index is 593. The number of fused-ring (bicyclic) bond motifs is 1. The van der Waals surface area contributed by atoms with E-state index in [0.29, 0.717) is 6.42 Å². The van der Waals surface area contributed by atoms with Crippen molar-refractivity contribution >= 4 is 21.4 Å². The second kappa shape index (κ2) is 5.70. The summed E-state index contributed by atoms with van der Waals surface area (Å²) in [4.78, 5) is 2.44. The second-order valence-corrected chi connectivity index (χ2v) is 5.76. The zero-order chi connectivity index (χ0) is 13.1. The van der Waals surface area contributed by atoms with Crippen molar-refractivity contribution in [2.24, 2.45) is 0 Å². The molecule has 98 valence electrons. The molecule has 1 atom stereocenters. The Morgan fingerprint density at radius 2 is 2.11 bits per heavy atom. The average Bonchev–Trinajstić information content (AvgIpc) is 2.89. The summed E-state index contributed by atoms with van der Waals surface area (Å²) in [6.07, 6.45) is 0.570. The van der Waals surface area contributed by atoms with Gasteiger partial charge in [-0.15, -0.1) is 11.3 Å². The third-order valence-corrected chi connectivity index (χ3v) is 4.73. The van der Waals surface area contributed by atoms with Crippen LogP contribution in [0.3, 0.4) is 0 Å². The molecule has 0 amide bonds. The van der Waals surface area contributed by atoms with E-state index in [1.165, 1.54) is 15.6 Å². The normalized spacial score (nSPS) is 18.3. The van der Waals surface area contributed by atoms with Crippen LogP contribution in [0, 0.1) is 11.3 Å². The van der Waals surface area contributed by atoms with Gasteiger partial charge in [-0.2, -0.15) is 5.26 Å². The number of thiophene rings is 1. The maximum Gasteiger partial charge on any atom is 0.0641 e. The van der Waals surface area contributed by atoms with Gasteiger partial charge in [0, 0.05) is 36.9 Å². The number of hydrogen-bond donors (Lipinski definition) is 1. The maximum atomic E-state index is 9.15. The van der Waals surface area contributed by atoms with Crippen molar-refractivity contribution in [3.63, 3.8) is 0 Å². The highest BCUT2D eigenvalue weighted by atomic mass is 32.1. The van der Waals surface area contributed by atoms with Crippen LogP contribution in [0.4, 0.5) is 0 Å². The number of piperazine rings is 1. The van der Waals surface area contributed by atoms with Gasteiger partial charge in [-0.25, -0.2) is 0 Å². The summed E-state index contributed by atoms with van der Waals surface area (Å²) in [6.45, 7) is 4.08. The second-order valence-electron chi connectivity index (χ2n) is 4.85. The van der Waals surface area contributed by atoms with Crippen molar-refractivity contribution in [2.75, 3.05) is 26.2 Å². The number of hydrogen-bond acceptors (Lipinski definition) is 4. The minimum Gasteiger partial charge on any atom is -0.314 e. The molecule has 1 saturated heterocycles. The number of nitrogens with zero attached hydrogens (tertiary/aromatic N) is 2. The molecule has 3 nitrogen and oxygen atoms in total. The lowest BCUT2D eigenvalue weighted by Gasteiger charge is -2.33. The fraction of sp³-hybridized carbons (Fsp3) is 0.400. The van der Waals surface area contributed by atoms with Gasteiger partial charge in [0.2, 0.25) is 0 Å². The van der Waals surface area contributed by atoms with Crippen molar-refractivity contribution in [2.45, 2.75) is 12.5 Å². The standard InChI is InChI=1S/C15H17N3S/c16-6-5-14(18-9-7-17-8-10-18)13-11-19-15-4-2-1-3-12(13)15/h1-4,11,14,17H,5,7-10H2/t14-/m0/s1. The Kier molecular flexibility index (Phi) is 3.79. The summed E-state index contributed by atoms with van der Waals surface area (Å²) in [5, 5.41) is 16.1. The van der Waals surface area contributed by atoms with Gasteiger partial charge in [0.15, 0.2) is 0 Å². The van der Waals surface area contributed by atoms with Crippen molar-refractivity contribution in [3.8, 4) is 6.07 Å². The topological polar surface area (TPSA) is 39.1 Å². The molecule has 2 aromatic rings. The monoisotopic (exact) mass is 271 g/mol. The van der Waals surface area contributed by atoms with Crippen LogP contribution >= 0.6 is 11.3 Å². The molecule has 1 aliphatic heterocycles. The predicted molar refractivity (Wildman–Crippen MR) is 79.2 cm³/mol. The van der Waals surface area contributed by atoms with E-state index in [-0.39, 0.29) is 6.04 Å². The van der Waals surface area contributed by atoms with Gasteiger partial charge in [0.25, 0.3) is 0 Å². The van der Waals surface area contributed by atoms with Crippen LogP contribution in [-0.2, 0) is 0 Å². The Morgan fingerprint density at radius 1 is 1.32 bits per heavy atom. The first-order valence-electron chi connectivity index (χ1n) is 6.68. The molecule has 0 aliphatic carbocycles. The molecule has 0 unspecified atom stereocenters. The number of nitrogens with one attached hydrogen (secondary N) is 1. The molecule has 3 rings (SSSR count). The van der Waals surface area contributed by atoms with E-state index < -0.39 is 0 Å². The summed E-state index contributed by atoms with van der Waals surface area (Å²) in [7, 11) is 0. The fourth-order valence-corrected chi connectivity index (χ4v) is 3.78. The van der Waals surface area contributed by atoms with Gasteiger partial charge in [-0.1, -0.05) is 18.2 Å². The van der Waals surface area contributed by atoms with E-state index >= 15 is 0 Å². The van der Waals surface area contributed by atoms with Gasteiger partial charge in [-0.05, 0) is 22.4 Å².